The van der Waals surface area contributed by atoms with Crippen LogP contribution in [0.25, 0.3) is 0 Å². The van der Waals surface area contributed by atoms with Gasteiger partial charge in [-0.2, -0.15) is 0 Å². The number of hydrogen-bond acceptors (Lipinski definition) is 3. The second kappa shape index (κ2) is 7.51. The van der Waals surface area contributed by atoms with Crippen molar-refractivity contribution in [2.45, 2.75) is 45.3 Å². The predicted molar refractivity (Wildman–Crippen MR) is 79.2 cm³/mol. The standard InChI is InChI=1S/C13H32N2OSi/c1-13(2,3)17(6,7)16-12-10-14-9-8-11-15(4)5/h14H,8-12H2,1-7H3. The van der Waals surface area contributed by atoms with Crippen LogP contribution in [-0.2, 0) is 4.43 Å². The molecule has 0 radical (unpaired) electrons. The number of nitrogens with one attached hydrogen (secondary N) is 1. The largest absolute Gasteiger partial charge is 0.416 e. The molecule has 17 heavy (non-hydrogen) atoms. The molecule has 0 aliphatic carbocycles. The number of nitrogens with zero attached hydrogens (tertiary/aromatic N) is 1. The van der Waals surface area contributed by atoms with E-state index >= 15 is 0 Å². The van der Waals surface area contributed by atoms with Crippen molar-refractivity contribution in [2.75, 3.05) is 40.3 Å². The van der Waals surface area contributed by atoms with Crippen LogP contribution in [0.2, 0.25) is 18.1 Å². The molecule has 0 aliphatic heterocycles. The van der Waals surface area contributed by atoms with Gasteiger partial charge in [-0.15, -0.1) is 0 Å². The summed E-state index contributed by atoms with van der Waals surface area (Å²) in [5, 5.41) is 3.75. The minimum Gasteiger partial charge on any atom is -0.416 e. The summed E-state index contributed by atoms with van der Waals surface area (Å²) >= 11 is 0. The molecule has 0 aromatic heterocycles. The van der Waals surface area contributed by atoms with Crippen LogP contribution in [0.4, 0.5) is 0 Å². The third-order valence-corrected chi connectivity index (χ3v) is 8.04. The average Bonchev–Trinajstić information content (AvgIpc) is 2.13. The van der Waals surface area contributed by atoms with E-state index in [4.69, 9.17) is 4.43 Å². The summed E-state index contributed by atoms with van der Waals surface area (Å²) in [5.74, 6) is 0. The molecular weight excluding hydrogens is 228 g/mol. The Hall–Kier alpha value is 0.0969. The molecule has 3 nitrogen and oxygen atoms in total. The van der Waals surface area contributed by atoms with Crippen molar-refractivity contribution >= 4 is 8.32 Å². The van der Waals surface area contributed by atoms with Gasteiger partial charge in [-0.25, -0.2) is 0 Å². The van der Waals surface area contributed by atoms with Gasteiger partial charge < -0.3 is 14.6 Å². The Morgan fingerprint density at radius 2 is 1.71 bits per heavy atom. The van der Waals surface area contributed by atoms with E-state index < -0.39 is 8.32 Å². The maximum atomic E-state index is 6.09. The van der Waals surface area contributed by atoms with Crippen LogP contribution in [-0.4, -0.2) is 53.6 Å². The van der Waals surface area contributed by atoms with E-state index in [0.717, 1.165) is 26.2 Å². The smallest absolute Gasteiger partial charge is 0.192 e. The quantitative estimate of drug-likeness (QED) is 0.536. The first-order valence-corrected chi connectivity index (χ1v) is 9.57. The second-order valence-corrected chi connectivity index (χ2v) is 11.3. The van der Waals surface area contributed by atoms with Crippen LogP contribution in [0.1, 0.15) is 27.2 Å². The molecule has 0 unspecified atom stereocenters. The van der Waals surface area contributed by atoms with Crippen LogP contribution >= 0.6 is 0 Å². The van der Waals surface area contributed by atoms with Gasteiger partial charge in [0.05, 0.1) is 0 Å². The first-order chi connectivity index (χ1) is 7.67. The summed E-state index contributed by atoms with van der Waals surface area (Å²) in [7, 11) is 2.68. The molecule has 0 spiro atoms. The molecule has 0 rings (SSSR count). The van der Waals surface area contributed by atoms with Gasteiger partial charge in [0.15, 0.2) is 8.32 Å². The van der Waals surface area contributed by atoms with Gasteiger partial charge in [-0.05, 0) is 51.7 Å². The van der Waals surface area contributed by atoms with E-state index in [1.807, 2.05) is 0 Å². The highest BCUT2D eigenvalue weighted by molar-refractivity contribution is 6.74. The molecule has 1 N–H and O–H groups in total. The highest BCUT2D eigenvalue weighted by Gasteiger charge is 2.36. The molecule has 0 atom stereocenters. The minimum atomic E-state index is -1.54. The number of hydrogen-bond donors (Lipinski definition) is 1. The predicted octanol–water partition coefficient (Wildman–Crippen LogP) is 2.55. The molecule has 0 saturated heterocycles. The normalized spacial score (nSPS) is 13.4. The average molecular weight is 260 g/mol. The molecule has 104 valence electrons. The Kier molecular flexibility index (Phi) is 7.56. The van der Waals surface area contributed by atoms with Crippen LogP contribution in [0, 0.1) is 0 Å². The zero-order valence-corrected chi connectivity index (χ0v) is 13.9. The van der Waals surface area contributed by atoms with Gasteiger partial charge in [-0.1, -0.05) is 20.8 Å². The van der Waals surface area contributed by atoms with Gasteiger partial charge >= 0.3 is 0 Å². The van der Waals surface area contributed by atoms with E-state index in [2.05, 4.69) is 58.2 Å². The number of rotatable bonds is 8. The van der Waals surface area contributed by atoms with Crippen molar-refractivity contribution < 1.29 is 4.43 Å². The lowest BCUT2D eigenvalue weighted by Gasteiger charge is -2.36. The Morgan fingerprint density at radius 1 is 1.12 bits per heavy atom. The molecule has 0 heterocycles. The molecule has 0 fully saturated rings. The molecule has 0 aromatic carbocycles. The highest BCUT2D eigenvalue weighted by Crippen LogP contribution is 2.36. The van der Waals surface area contributed by atoms with Crippen molar-refractivity contribution in [3.05, 3.63) is 0 Å². The fourth-order valence-electron chi connectivity index (χ4n) is 1.24. The molecule has 0 amide bonds. The van der Waals surface area contributed by atoms with Crippen LogP contribution < -0.4 is 5.32 Å². The molecule has 0 aromatic rings. The monoisotopic (exact) mass is 260 g/mol. The highest BCUT2D eigenvalue weighted by atomic mass is 28.4. The lowest BCUT2D eigenvalue weighted by atomic mass is 10.2. The van der Waals surface area contributed by atoms with E-state index in [9.17, 15) is 0 Å². The first-order valence-electron chi connectivity index (χ1n) is 6.66. The maximum Gasteiger partial charge on any atom is 0.192 e. The van der Waals surface area contributed by atoms with E-state index in [-0.39, 0.29) is 0 Å². The van der Waals surface area contributed by atoms with Crippen molar-refractivity contribution in [1.29, 1.82) is 0 Å². The Balaban J connectivity index is 3.52. The summed E-state index contributed by atoms with van der Waals surface area (Å²) in [4.78, 5) is 2.22. The summed E-state index contributed by atoms with van der Waals surface area (Å²) in [6, 6.07) is 0. The van der Waals surface area contributed by atoms with E-state index in [0.29, 0.717) is 5.04 Å². The van der Waals surface area contributed by atoms with Gasteiger partial charge in [0.1, 0.15) is 0 Å². The Bertz CT molecular complexity index is 200. The molecule has 0 bridgehead atoms. The molecule has 0 aliphatic rings. The summed E-state index contributed by atoms with van der Waals surface area (Å²) in [6.45, 7) is 15.5. The van der Waals surface area contributed by atoms with Crippen LogP contribution in [0.5, 0.6) is 0 Å². The van der Waals surface area contributed by atoms with Gasteiger partial charge in [0, 0.05) is 13.2 Å². The third kappa shape index (κ3) is 7.92. The topological polar surface area (TPSA) is 24.5 Å². The van der Waals surface area contributed by atoms with Gasteiger partial charge in [0.25, 0.3) is 0 Å². The molecule has 4 heteroatoms. The first kappa shape index (κ1) is 17.1. The van der Waals surface area contributed by atoms with Gasteiger partial charge in [-0.3, -0.25) is 0 Å². The summed E-state index contributed by atoms with van der Waals surface area (Å²) < 4.78 is 6.09. The van der Waals surface area contributed by atoms with Crippen LogP contribution in [0.3, 0.4) is 0 Å². The van der Waals surface area contributed by atoms with Crippen molar-refractivity contribution in [1.82, 2.24) is 10.2 Å². The molecular formula is C13H32N2OSi. The zero-order valence-electron chi connectivity index (χ0n) is 12.9. The molecule has 0 saturated carbocycles. The van der Waals surface area contributed by atoms with Crippen molar-refractivity contribution in [2.24, 2.45) is 0 Å². The SMILES string of the molecule is CN(C)CCCNCCO[Si](C)(C)C(C)(C)C. The Morgan fingerprint density at radius 3 is 2.18 bits per heavy atom. The lowest BCUT2D eigenvalue weighted by molar-refractivity contribution is 0.284. The lowest BCUT2D eigenvalue weighted by Crippen LogP contribution is -2.42. The maximum absolute atomic E-state index is 6.09. The Labute approximate surface area is 109 Å². The second-order valence-electron chi connectivity index (χ2n) is 6.52. The summed E-state index contributed by atoms with van der Waals surface area (Å²) in [5.41, 5.74) is 0. The van der Waals surface area contributed by atoms with Gasteiger partial charge in [0.2, 0.25) is 0 Å². The fraction of sp³-hybridized carbons (Fsp3) is 1.00. The fourth-order valence-corrected chi connectivity index (χ4v) is 2.29. The van der Waals surface area contributed by atoms with E-state index in [1.165, 1.54) is 6.42 Å². The van der Waals surface area contributed by atoms with E-state index in [1.54, 1.807) is 0 Å². The minimum absolute atomic E-state index is 0.317. The zero-order chi connectivity index (χ0) is 13.5. The van der Waals surface area contributed by atoms with Crippen LogP contribution in [0.15, 0.2) is 0 Å². The third-order valence-electron chi connectivity index (χ3n) is 3.51. The van der Waals surface area contributed by atoms with Crippen molar-refractivity contribution in [3.8, 4) is 0 Å². The summed E-state index contributed by atoms with van der Waals surface area (Å²) in [6.07, 6.45) is 1.20. The van der Waals surface area contributed by atoms with Crippen molar-refractivity contribution in [3.63, 3.8) is 0 Å².